The van der Waals surface area contributed by atoms with Crippen LogP contribution in [0.15, 0.2) is 30.3 Å². The van der Waals surface area contributed by atoms with Crippen LogP contribution in [0.2, 0.25) is 0 Å². The van der Waals surface area contributed by atoms with Crippen LogP contribution >= 0.6 is 0 Å². The molecule has 2 N–H and O–H groups in total. The van der Waals surface area contributed by atoms with Crippen molar-refractivity contribution >= 4 is 5.91 Å². The van der Waals surface area contributed by atoms with Gasteiger partial charge >= 0.3 is 0 Å². The van der Waals surface area contributed by atoms with Crippen LogP contribution in [0, 0.1) is 11.8 Å². The Kier molecular flexibility index (Phi) is 4.59. The summed E-state index contributed by atoms with van der Waals surface area (Å²) in [6.45, 7) is 3.97. The molecule has 0 bridgehead atoms. The van der Waals surface area contributed by atoms with Gasteiger partial charge in [-0.15, -0.1) is 0 Å². The van der Waals surface area contributed by atoms with Gasteiger partial charge in [0.15, 0.2) is 0 Å². The Hall–Kier alpha value is -1.35. The molecule has 1 aromatic carbocycles. The van der Waals surface area contributed by atoms with Gasteiger partial charge in [0.05, 0.1) is 5.92 Å². The highest BCUT2D eigenvalue weighted by atomic mass is 16.2. The van der Waals surface area contributed by atoms with Crippen LogP contribution < -0.4 is 10.6 Å². The SMILES string of the molecule is C[C@@H]1CNC[C@H]1C(=O)NC1CCC(c2ccccc2)CC1. The summed E-state index contributed by atoms with van der Waals surface area (Å²) in [7, 11) is 0. The second-order valence-corrected chi connectivity index (χ2v) is 6.71. The first kappa shape index (κ1) is 14.6. The van der Waals surface area contributed by atoms with Gasteiger partial charge in [-0.3, -0.25) is 4.79 Å². The van der Waals surface area contributed by atoms with Gasteiger partial charge in [-0.2, -0.15) is 0 Å². The first-order valence-electron chi connectivity index (χ1n) is 8.30. The fourth-order valence-corrected chi connectivity index (χ4v) is 3.77. The summed E-state index contributed by atoms with van der Waals surface area (Å²) in [4.78, 5) is 12.3. The Morgan fingerprint density at radius 3 is 2.43 bits per heavy atom. The second kappa shape index (κ2) is 6.61. The van der Waals surface area contributed by atoms with E-state index in [0.29, 0.717) is 17.9 Å². The molecule has 1 amide bonds. The average molecular weight is 286 g/mol. The Morgan fingerprint density at radius 1 is 1.10 bits per heavy atom. The largest absolute Gasteiger partial charge is 0.353 e. The molecule has 1 aromatic rings. The molecule has 0 spiro atoms. The Labute approximate surface area is 127 Å². The predicted octanol–water partition coefficient (Wildman–Crippen LogP) is 2.68. The lowest BCUT2D eigenvalue weighted by molar-refractivity contribution is -0.126. The van der Waals surface area contributed by atoms with Crippen molar-refractivity contribution in [2.45, 2.75) is 44.6 Å². The van der Waals surface area contributed by atoms with Crippen molar-refractivity contribution < 1.29 is 4.79 Å². The standard InChI is InChI=1S/C18H26N2O/c1-13-11-19-12-17(13)18(21)20-16-9-7-15(8-10-16)14-5-3-2-4-6-14/h2-6,13,15-17,19H,7-12H2,1H3,(H,20,21)/t13-,15?,16?,17-/m1/s1. The Morgan fingerprint density at radius 2 is 1.81 bits per heavy atom. The molecule has 1 saturated heterocycles. The Bertz CT molecular complexity index is 465. The van der Waals surface area contributed by atoms with Crippen molar-refractivity contribution in [2.75, 3.05) is 13.1 Å². The highest BCUT2D eigenvalue weighted by Crippen LogP contribution is 2.32. The maximum atomic E-state index is 12.3. The van der Waals surface area contributed by atoms with Crippen LogP contribution in [-0.4, -0.2) is 25.0 Å². The fourth-order valence-electron chi connectivity index (χ4n) is 3.77. The minimum absolute atomic E-state index is 0.164. The molecule has 2 atom stereocenters. The lowest BCUT2D eigenvalue weighted by atomic mass is 9.81. The molecule has 1 aliphatic heterocycles. The van der Waals surface area contributed by atoms with Gasteiger partial charge < -0.3 is 10.6 Å². The molecular formula is C18H26N2O. The van der Waals surface area contributed by atoms with Crippen LogP contribution in [0.4, 0.5) is 0 Å². The van der Waals surface area contributed by atoms with E-state index in [1.807, 2.05) is 0 Å². The lowest BCUT2D eigenvalue weighted by Crippen LogP contribution is -2.42. The van der Waals surface area contributed by atoms with E-state index in [-0.39, 0.29) is 11.8 Å². The van der Waals surface area contributed by atoms with E-state index in [0.717, 1.165) is 25.9 Å². The van der Waals surface area contributed by atoms with Gasteiger partial charge in [-0.05, 0) is 49.6 Å². The zero-order valence-electron chi connectivity index (χ0n) is 12.8. The second-order valence-electron chi connectivity index (χ2n) is 6.71. The zero-order chi connectivity index (χ0) is 14.7. The molecule has 0 radical (unpaired) electrons. The summed E-state index contributed by atoms with van der Waals surface area (Å²) < 4.78 is 0. The van der Waals surface area contributed by atoms with Crippen LogP contribution in [0.25, 0.3) is 0 Å². The van der Waals surface area contributed by atoms with Crippen molar-refractivity contribution in [3.05, 3.63) is 35.9 Å². The molecule has 1 saturated carbocycles. The molecule has 0 unspecified atom stereocenters. The summed E-state index contributed by atoms with van der Waals surface area (Å²) in [6, 6.07) is 11.2. The summed E-state index contributed by atoms with van der Waals surface area (Å²) in [5, 5.41) is 6.59. The summed E-state index contributed by atoms with van der Waals surface area (Å²) in [5.74, 6) is 1.56. The highest BCUT2D eigenvalue weighted by molar-refractivity contribution is 5.79. The first-order chi connectivity index (χ1) is 10.2. The van der Waals surface area contributed by atoms with Crippen molar-refractivity contribution in [2.24, 2.45) is 11.8 Å². The van der Waals surface area contributed by atoms with E-state index in [2.05, 4.69) is 47.9 Å². The van der Waals surface area contributed by atoms with Crippen LogP contribution in [-0.2, 0) is 4.79 Å². The zero-order valence-corrected chi connectivity index (χ0v) is 12.8. The number of hydrogen-bond acceptors (Lipinski definition) is 2. The summed E-state index contributed by atoms with van der Waals surface area (Å²) in [5.41, 5.74) is 1.45. The number of carbonyl (C=O) groups is 1. The van der Waals surface area contributed by atoms with Crippen LogP contribution in [0.5, 0.6) is 0 Å². The molecule has 3 heteroatoms. The summed E-state index contributed by atoms with van der Waals surface area (Å²) >= 11 is 0. The molecule has 2 fully saturated rings. The first-order valence-corrected chi connectivity index (χ1v) is 8.30. The number of rotatable bonds is 3. The van der Waals surface area contributed by atoms with E-state index in [1.165, 1.54) is 18.4 Å². The molecule has 21 heavy (non-hydrogen) atoms. The average Bonchev–Trinajstić information content (AvgIpc) is 2.95. The van der Waals surface area contributed by atoms with Gasteiger partial charge in [0.1, 0.15) is 0 Å². The van der Waals surface area contributed by atoms with Crippen molar-refractivity contribution in [3.63, 3.8) is 0 Å². The maximum Gasteiger partial charge on any atom is 0.224 e. The molecule has 1 aliphatic carbocycles. The van der Waals surface area contributed by atoms with Gasteiger partial charge in [0, 0.05) is 12.6 Å². The van der Waals surface area contributed by atoms with Gasteiger partial charge in [0.2, 0.25) is 5.91 Å². The smallest absolute Gasteiger partial charge is 0.224 e. The Balaban J connectivity index is 1.49. The third-order valence-corrected chi connectivity index (χ3v) is 5.20. The van der Waals surface area contributed by atoms with E-state index in [9.17, 15) is 4.79 Å². The number of hydrogen-bond donors (Lipinski definition) is 2. The molecule has 114 valence electrons. The van der Waals surface area contributed by atoms with Crippen molar-refractivity contribution in [1.29, 1.82) is 0 Å². The van der Waals surface area contributed by atoms with Gasteiger partial charge in [0.25, 0.3) is 0 Å². The topological polar surface area (TPSA) is 41.1 Å². The van der Waals surface area contributed by atoms with E-state index in [1.54, 1.807) is 0 Å². The molecule has 0 aromatic heterocycles. The number of carbonyl (C=O) groups excluding carboxylic acids is 1. The number of nitrogens with one attached hydrogen (secondary N) is 2. The highest BCUT2D eigenvalue weighted by Gasteiger charge is 2.31. The molecule has 3 nitrogen and oxygen atoms in total. The summed E-state index contributed by atoms with van der Waals surface area (Å²) in [6.07, 6.45) is 4.60. The quantitative estimate of drug-likeness (QED) is 0.897. The van der Waals surface area contributed by atoms with E-state index >= 15 is 0 Å². The van der Waals surface area contributed by atoms with Crippen LogP contribution in [0.3, 0.4) is 0 Å². The third-order valence-electron chi connectivity index (χ3n) is 5.20. The minimum atomic E-state index is 0.164. The monoisotopic (exact) mass is 286 g/mol. The van der Waals surface area contributed by atoms with Gasteiger partial charge in [-0.1, -0.05) is 37.3 Å². The molecule has 3 rings (SSSR count). The fraction of sp³-hybridized carbons (Fsp3) is 0.611. The number of benzene rings is 1. The number of amides is 1. The normalized spacial score (nSPS) is 32.8. The van der Waals surface area contributed by atoms with E-state index < -0.39 is 0 Å². The lowest BCUT2D eigenvalue weighted by Gasteiger charge is -2.30. The maximum absolute atomic E-state index is 12.3. The van der Waals surface area contributed by atoms with Crippen molar-refractivity contribution in [1.82, 2.24) is 10.6 Å². The van der Waals surface area contributed by atoms with E-state index in [4.69, 9.17) is 0 Å². The molecular weight excluding hydrogens is 260 g/mol. The van der Waals surface area contributed by atoms with Crippen LogP contribution in [0.1, 0.15) is 44.1 Å². The third kappa shape index (κ3) is 3.46. The molecule has 2 aliphatic rings. The minimum Gasteiger partial charge on any atom is -0.353 e. The molecule has 1 heterocycles. The van der Waals surface area contributed by atoms with Crippen molar-refractivity contribution in [3.8, 4) is 0 Å². The predicted molar refractivity (Wildman–Crippen MR) is 85.1 cm³/mol. The van der Waals surface area contributed by atoms with Gasteiger partial charge in [-0.25, -0.2) is 0 Å².